The molecule has 0 aliphatic rings. The number of amides is 1. The minimum Gasteiger partial charge on any atom is -0.507 e. The van der Waals surface area contributed by atoms with Crippen LogP contribution in [0.4, 0.5) is 0 Å². The van der Waals surface area contributed by atoms with Gasteiger partial charge in [0.1, 0.15) is 23.7 Å². The first-order chi connectivity index (χ1) is 14.4. The molecule has 0 aromatic heterocycles. The van der Waals surface area contributed by atoms with Crippen LogP contribution in [0.25, 0.3) is 0 Å². The van der Waals surface area contributed by atoms with Gasteiger partial charge in [-0.3, -0.25) is 4.79 Å². The van der Waals surface area contributed by atoms with Gasteiger partial charge in [-0.25, -0.2) is 4.79 Å². The fourth-order valence-electron chi connectivity index (χ4n) is 2.65. The fourth-order valence-corrected chi connectivity index (χ4v) is 4.79. The Morgan fingerprint density at radius 3 is 2.32 bits per heavy atom. The lowest BCUT2D eigenvalue weighted by molar-refractivity contribution is -0.149. The van der Waals surface area contributed by atoms with E-state index in [0.717, 1.165) is 5.56 Å². The van der Waals surface area contributed by atoms with E-state index in [-0.39, 0.29) is 17.9 Å². The van der Waals surface area contributed by atoms with Crippen molar-refractivity contribution in [1.82, 2.24) is 5.32 Å². The topological polar surface area (TPSA) is 102 Å². The Bertz CT molecular complexity index is 1000. The molecule has 2 aromatic carbocycles. The maximum atomic E-state index is 12.7. The van der Waals surface area contributed by atoms with Crippen molar-refractivity contribution in [3.05, 3.63) is 50.4 Å². The lowest BCUT2D eigenvalue weighted by Gasteiger charge is -2.24. The minimum atomic E-state index is -1.33. The van der Waals surface area contributed by atoms with Crippen LogP contribution in [0.15, 0.2) is 39.3 Å². The first-order valence-corrected chi connectivity index (χ1v) is 12.8. The third-order valence-electron chi connectivity index (χ3n) is 4.11. The predicted octanol–water partition coefficient (Wildman–Crippen LogP) is 5.74. The Hall–Kier alpha value is -1.96. The predicted molar refractivity (Wildman–Crippen MR) is 125 cm³/mol. The third-order valence-corrected chi connectivity index (χ3v) is 6.10. The number of carbonyl (C=O) groups is 2. The van der Waals surface area contributed by atoms with E-state index in [1.165, 1.54) is 32.0 Å². The van der Waals surface area contributed by atoms with Crippen molar-refractivity contribution in [2.75, 3.05) is 13.3 Å². The quantitative estimate of drug-likeness (QED) is 0.307. The van der Waals surface area contributed by atoms with Crippen LogP contribution < -0.4 is 10.1 Å². The summed E-state index contributed by atoms with van der Waals surface area (Å²) in [7, 11) is -1.33. The summed E-state index contributed by atoms with van der Waals surface area (Å²) in [5.41, 5.74) is -0.457. The Labute approximate surface area is 198 Å². The molecule has 1 amide bonds. The van der Waals surface area contributed by atoms with E-state index >= 15 is 0 Å². The Morgan fingerprint density at radius 2 is 1.77 bits per heavy atom. The highest BCUT2D eigenvalue weighted by molar-refractivity contribution is 9.11. The summed E-state index contributed by atoms with van der Waals surface area (Å²) in [6.45, 7) is 6.55. The number of phenolic OH excluding ortho intramolecular Hbond substituents is 1. The molecule has 1 unspecified atom stereocenters. The first kappa shape index (κ1) is 25.3. The van der Waals surface area contributed by atoms with Gasteiger partial charge in [0.2, 0.25) is 0 Å². The summed E-state index contributed by atoms with van der Waals surface area (Å²) < 4.78 is 23.7. The lowest BCUT2D eigenvalue weighted by atomic mass is 10.0. The Morgan fingerprint density at radius 1 is 1.16 bits per heavy atom. The number of hydrogen-bond donors (Lipinski definition) is 2. The highest BCUT2D eigenvalue weighted by Gasteiger charge is 2.32. The van der Waals surface area contributed by atoms with Crippen molar-refractivity contribution in [2.24, 2.45) is 0 Å². The zero-order valence-corrected chi connectivity index (χ0v) is 21.6. The van der Waals surface area contributed by atoms with Crippen LogP contribution in [-0.4, -0.2) is 35.8 Å². The molecule has 0 saturated carbocycles. The number of hydrogen-bond acceptors (Lipinski definition) is 6. The number of benzene rings is 2. The van der Waals surface area contributed by atoms with Crippen molar-refractivity contribution < 1.29 is 28.7 Å². The number of nitrogens with one attached hydrogen (secondary N) is 1. The molecule has 2 N–H and O–H groups in total. The van der Waals surface area contributed by atoms with Crippen molar-refractivity contribution in [3.8, 4) is 17.2 Å². The molecule has 2 rings (SSSR count). The van der Waals surface area contributed by atoms with Crippen molar-refractivity contribution >= 4 is 51.5 Å². The van der Waals surface area contributed by atoms with Crippen molar-refractivity contribution in [3.63, 3.8) is 0 Å². The standard InChI is InChI=1S/C21H22Br2NO6P/c1-5-29-20(27)21(2,3)24-19(26)14-10-13(6-7-17(14)25)30-18-15(22)8-12(9-16(18)23)11-31(4)28/h6-10H,5,11H2,1-4H3,(H-,24,25,26)/p+1. The molecular formula is C21H23Br2NO6P+. The number of aromatic hydroxyl groups is 1. The van der Waals surface area contributed by atoms with Crippen LogP contribution in [0.2, 0.25) is 0 Å². The molecule has 0 saturated heterocycles. The minimum absolute atomic E-state index is 0.0540. The molecule has 0 heterocycles. The molecule has 0 fully saturated rings. The van der Waals surface area contributed by atoms with Gasteiger partial charge < -0.3 is 19.9 Å². The average Bonchev–Trinajstić information content (AvgIpc) is 2.65. The number of rotatable bonds is 8. The highest BCUT2D eigenvalue weighted by Crippen LogP contribution is 2.40. The van der Waals surface area contributed by atoms with Crippen LogP contribution in [-0.2, 0) is 20.3 Å². The van der Waals surface area contributed by atoms with Crippen molar-refractivity contribution in [2.45, 2.75) is 32.5 Å². The monoisotopic (exact) mass is 574 g/mol. The van der Waals surface area contributed by atoms with Gasteiger partial charge in [-0.05, 0) is 83.0 Å². The van der Waals surface area contributed by atoms with Gasteiger partial charge in [0.25, 0.3) is 5.91 Å². The second-order valence-corrected chi connectivity index (χ2v) is 10.5. The summed E-state index contributed by atoms with van der Waals surface area (Å²) in [6, 6.07) is 7.85. The summed E-state index contributed by atoms with van der Waals surface area (Å²) >= 11 is 6.90. The third kappa shape index (κ3) is 6.76. The molecule has 0 bridgehead atoms. The smallest absolute Gasteiger partial charge is 0.340 e. The number of ether oxygens (including phenoxy) is 2. The van der Waals surface area contributed by atoms with E-state index in [2.05, 4.69) is 37.2 Å². The molecule has 31 heavy (non-hydrogen) atoms. The van der Waals surface area contributed by atoms with Crippen LogP contribution in [0, 0.1) is 0 Å². The van der Waals surface area contributed by atoms with Crippen LogP contribution in [0.1, 0.15) is 36.7 Å². The molecule has 2 aromatic rings. The summed E-state index contributed by atoms with van der Waals surface area (Å²) in [5.74, 6) is -0.741. The molecule has 7 nitrogen and oxygen atoms in total. The molecule has 1 atom stereocenters. The molecular weight excluding hydrogens is 553 g/mol. The van der Waals surface area contributed by atoms with Gasteiger partial charge in [0, 0.05) is 5.56 Å². The van der Waals surface area contributed by atoms with E-state index in [1.807, 2.05) is 12.1 Å². The average molecular weight is 576 g/mol. The normalized spacial score (nSPS) is 11.6. The number of carbonyl (C=O) groups excluding carboxylic acids is 2. The SMILES string of the molecule is CCOC(=O)C(C)(C)NC(=O)c1cc(Oc2c(Br)cc(C[P+](C)=O)cc2Br)ccc1O. The second-order valence-electron chi connectivity index (χ2n) is 7.26. The molecule has 10 heteroatoms. The van der Waals surface area contributed by atoms with E-state index in [0.29, 0.717) is 26.6 Å². The highest BCUT2D eigenvalue weighted by atomic mass is 79.9. The van der Waals surface area contributed by atoms with E-state index in [9.17, 15) is 19.3 Å². The fraction of sp³-hybridized carbons (Fsp3) is 0.333. The van der Waals surface area contributed by atoms with Crippen LogP contribution in [0.3, 0.4) is 0 Å². The van der Waals surface area contributed by atoms with Gasteiger partial charge in [-0.15, -0.1) is 0 Å². The van der Waals surface area contributed by atoms with Crippen LogP contribution in [0.5, 0.6) is 17.2 Å². The molecule has 0 radical (unpaired) electrons. The first-order valence-electron chi connectivity index (χ1n) is 9.31. The Balaban J connectivity index is 2.28. The van der Waals surface area contributed by atoms with Gasteiger partial charge in [0.15, 0.2) is 11.9 Å². The van der Waals surface area contributed by atoms with Gasteiger partial charge >= 0.3 is 13.8 Å². The van der Waals surface area contributed by atoms with Gasteiger partial charge in [-0.2, -0.15) is 0 Å². The molecule has 0 aliphatic heterocycles. The Kier molecular flexibility index (Phi) is 8.63. The largest absolute Gasteiger partial charge is 0.507 e. The van der Waals surface area contributed by atoms with Gasteiger partial charge in [0.05, 0.1) is 21.1 Å². The second kappa shape index (κ2) is 10.6. The number of esters is 1. The molecule has 0 spiro atoms. The maximum absolute atomic E-state index is 12.7. The zero-order chi connectivity index (χ0) is 23.3. The zero-order valence-electron chi connectivity index (χ0n) is 17.5. The lowest BCUT2D eigenvalue weighted by Crippen LogP contribution is -2.50. The van der Waals surface area contributed by atoms with E-state index in [1.54, 1.807) is 13.6 Å². The summed E-state index contributed by atoms with van der Waals surface area (Å²) in [4.78, 5) is 24.7. The summed E-state index contributed by atoms with van der Waals surface area (Å²) in [6.07, 6.45) is 0.437. The summed E-state index contributed by atoms with van der Waals surface area (Å²) in [5, 5.41) is 12.7. The van der Waals surface area contributed by atoms with E-state index < -0.39 is 25.2 Å². The van der Waals surface area contributed by atoms with Crippen LogP contribution >= 0.6 is 39.7 Å². The molecule has 0 aliphatic carbocycles. The maximum Gasteiger partial charge on any atom is 0.340 e. The van der Waals surface area contributed by atoms with E-state index in [4.69, 9.17) is 9.47 Å². The molecule has 166 valence electrons. The van der Waals surface area contributed by atoms with Crippen molar-refractivity contribution in [1.29, 1.82) is 0 Å². The van der Waals surface area contributed by atoms with Gasteiger partial charge in [-0.1, -0.05) is 4.57 Å². The number of halogens is 2. The number of phenols is 1.